The van der Waals surface area contributed by atoms with Gasteiger partial charge in [0.1, 0.15) is 5.82 Å². The average Bonchev–Trinajstić information content (AvgIpc) is 3.83. The number of nitrogen functional groups attached to an aromatic ring is 1. The Balaban J connectivity index is 1.33. The van der Waals surface area contributed by atoms with Crippen molar-refractivity contribution in [1.82, 2.24) is 15.6 Å². The van der Waals surface area contributed by atoms with Gasteiger partial charge in [-0.3, -0.25) is 14.6 Å². The largest absolute Gasteiger partial charge is 0.463 e. The Morgan fingerprint density at radius 1 is 1.16 bits per heavy atom. The van der Waals surface area contributed by atoms with E-state index in [0.29, 0.717) is 18.2 Å². The number of epoxide rings is 1. The van der Waals surface area contributed by atoms with Crippen LogP contribution in [-0.4, -0.2) is 66.4 Å². The predicted octanol–water partition coefficient (Wildman–Crippen LogP) is 5.07. The van der Waals surface area contributed by atoms with Crippen molar-refractivity contribution in [3.8, 4) is 0 Å². The molecular weight excluding hydrogens is 620 g/mol. The van der Waals surface area contributed by atoms with Crippen molar-refractivity contribution >= 4 is 29.3 Å². The average molecular weight is 673 g/mol. The monoisotopic (exact) mass is 672 g/mol. The summed E-state index contributed by atoms with van der Waals surface area (Å²) in [4.78, 5) is 50.3. The van der Waals surface area contributed by atoms with Gasteiger partial charge >= 0.3 is 5.97 Å². The van der Waals surface area contributed by atoms with Crippen molar-refractivity contribution in [2.75, 3.05) is 32.5 Å². The summed E-state index contributed by atoms with van der Waals surface area (Å²) in [5.74, 6) is -0.308. The first kappa shape index (κ1) is 36.2. The number of aromatic nitrogens is 1. The van der Waals surface area contributed by atoms with Gasteiger partial charge in [-0.15, -0.1) is 0 Å². The molecule has 0 bridgehead atoms. The normalized spacial score (nSPS) is 23.7. The van der Waals surface area contributed by atoms with Crippen molar-refractivity contribution in [3.63, 3.8) is 0 Å². The number of Topliss-reactive ketones (excluding diaryl/α,β-unsaturated/α-hetero) is 2. The summed E-state index contributed by atoms with van der Waals surface area (Å²) in [6.45, 7) is 5.90. The van der Waals surface area contributed by atoms with E-state index >= 15 is 0 Å². The first-order valence-corrected chi connectivity index (χ1v) is 17.8. The number of ether oxygens (including phenoxy) is 2. The number of nitrogens with two attached hydrogens (primary N) is 2. The first-order chi connectivity index (χ1) is 23.6. The van der Waals surface area contributed by atoms with Gasteiger partial charge in [0.2, 0.25) is 5.78 Å². The number of carbonyl (C=O) groups excluding carboxylic acids is 3. The third kappa shape index (κ3) is 7.88. The third-order valence-electron chi connectivity index (χ3n) is 10.3. The van der Waals surface area contributed by atoms with Crippen molar-refractivity contribution in [2.45, 2.75) is 95.3 Å². The molecule has 5 rings (SSSR count). The van der Waals surface area contributed by atoms with E-state index < -0.39 is 23.0 Å². The summed E-state index contributed by atoms with van der Waals surface area (Å²) >= 11 is 0. The number of ketones is 2. The number of anilines is 1. The van der Waals surface area contributed by atoms with E-state index in [1.807, 2.05) is 19.1 Å². The molecule has 6 N–H and O–H groups in total. The highest BCUT2D eigenvalue weighted by Gasteiger charge is 2.85. The van der Waals surface area contributed by atoms with Crippen LogP contribution in [0.25, 0.3) is 0 Å². The van der Waals surface area contributed by atoms with Crippen LogP contribution in [0, 0.1) is 11.8 Å². The summed E-state index contributed by atoms with van der Waals surface area (Å²) in [5, 5.41) is 6.82. The fraction of sp³-hybridized carbons (Fsp3) is 0.553. The topological polar surface area (TPSA) is 174 Å². The molecule has 3 aliphatic rings. The van der Waals surface area contributed by atoms with E-state index in [4.69, 9.17) is 20.9 Å². The number of pyridine rings is 1. The maximum atomic E-state index is 14.1. The van der Waals surface area contributed by atoms with Gasteiger partial charge < -0.3 is 31.6 Å². The van der Waals surface area contributed by atoms with Gasteiger partial charge in [0.25, 0.3) is 5.60 Å². The van der Waals surface area contributed by atoms with E-state index in [2.05, 4.69) is 27.5 Å². The lowest BCUT2D eigenvalue weighted by Crippen LogP contribution is -2.50. The smallest absolute Gasteiger partial charge is 0.350 e. The third-order valence-corrected chi connectivity index (χ3v) is 10.3. The molecule has 4 atom stereocenters. The van der Waals surface area contributed by atoms with Gasteiger partial charge in [-0.05, 0) is 62.8 Å². The zero-order valence-corrected chi connectivity index (χ0v) is 29.1. The summed E-state index contributed by atoms with van der Waals surface area (Å²) in [6.07, 6.45) is 13.3. The fourth-order valence-electron chi connectivity index (χ4n) is 7.35. The summed E-state index contributed by atoms with van der Waals surface area (Å²) < 4.78 is 12.1. The second-order valence-corrected chi connectivity index (χ2v) is 13.9. The van der Waals surface area contributed by atoms with Gasteiger partial charge in [0.05, 0.1) is 12.6 Å². The van der Waals surface area contributed by atoms with Crippen LogP contribution in [0.1, 0.15) is 110 Å². The highest BCUT2D eigenvalue weighted by atomic mass is 16.7. The Bertz CT molecular complexity index is 1570. The van der Waals surface area contributed by atoms with E-state index in [9.17, 15) is 14.4 Å². The van der Waals surface area contributed by atoms with E-state index in [-0.39, 0.29) is 47.9 Å². The van der Waals surface area contributed by atoms with E-state index in [0.717, 1.165) is 43.5 Å². The quantitative estimate of drug-likeness (QED) is 0.0471. The van der Waals surface area contributed by atoms with Gasteiger partial charge in [0, 0.05) is 43.3 Å². The molecule has 0 amide bonds. The predicted molar refractivity (Wildman–Crippen MR) is 190 cm³/mol. The molecule has 0 spiro atoms. The van der Waals surface area contributed by atoms with Crippen LogP contribution < -0.4 is 22.1 Å². The molecule has 264 valence electrons. The summed E-state index contributed by atoms with van der Waals surface area (Å²) in [5.41, 5.74) is 10.5. The number of nitrogens with one attached hydrogen (secondary N) is 2. The number of carbonyl (C=O) groups is 3. The Hall–Kier alpha value is -4.09. The van der Waals surface area contributed by atoms with Gasteiger partial charge in [-0.2, -0.15) is 0 Å². The zero-order valence-electron chi connectivity index (χ0n) is 29.1. The maximum Gasteiger partial charge on any atom is 0.350 e. The molecule has 2 fully saturated rings. The molecule has 1 saturated heterocycles. The second-order valence-electron chi connectivity index (χ2n) is 13.9. The summed E-state index contributed by atoms with van der Waals surface area (Å²) in [7, 11) is 1.59. The number of unbranched alkanes of at least 4 members (excludes halogenated alkanes) is 1. The lowest BCUT2D eigenvalue weighted by Gasteiger charge is -2.25. The molecule has 0 unspecified atom stereocenters. The SMILES string of the molecule is CCCC[C@H](CNCC1CCCCC1)COC(=O)[C@]12O[C@@]1(C/C=C(\C)C[C@@H](NC(N)=NC)c1ccnc(N)c1)C(=O)c1ccccc1C2=O. The number of guanidine groups is 1. The van der Waals surface area contributed by atoms with Crippen LogP contribution in [0.2, 0.25) is 0 Å². The van der Waals surface area contributed by atoms with Crippen LogP contribution >= 0.6 is 0 Å². The van der Waals surface area contributed by atoms with E-state index in [1.54, 1.807) is 43.6 Å². The number of hydrogen-bond acceptors (Lipinski definition) is 9. The van der Waals surface area contributed by atoms with Crippen LogP contribution in [0.15, 0.2) is 59.2 Å². The van der Waals surface area contributed by atoms with Crippen LogP contribution in [0.4, 0.5) is 5.82 Å². The highest BCUT2D eigenvalue weighted by molar-refractivity contribution is 6.32. The lowest BCUT2D eigenvalue weighted by atomic mass is 9.72. The first-order valence-electron chi connectivity index (χ1n) is 17.8. The van der Waals surface area contributed by atoms with Gasteiger partial charge in [0.15, 0.2) is 17.3 Å². The van der Waals surface area contributed by atoms with Crippen molar-refractivity contribution in [3.05, 3.63) is 70.9 Å². The zero-order chi connectivity index (χ0) is 35.0. The summed E-state index contributed by atoms with van der Waals surface area (Å²) in [6, 6.07) is 9.89. The Kier molecular flexibility index (Phi) is 11.9. The number of hydrogen-bond donors (Lipinski definition) is 4. The minimum atomic E-state index is -2.02. The molecule has 1 saturated carbocycles. The molecule has 2 aliphatic carbocycles. The minimum absolute atomic E-state index is 0.0254. The molecule has 11 heteroatoms. The van der Waals surface area contributed by atoms with Crippen molar-refractivity contribution in [2.24, 2.45) is 22.6 Å². The lowest BCUT2D eigenvalue weighted by molar-refractivity contribution is -0.149. The number of rotatable bonds is 16. The Morgan fingerprint density at radius 3 is 2.59 bits per heavy atom. The molecule has 1 aliphatic heterocycles. The van der Waals surface area contributed by atoms with Crippen LogP contribution in [-0.2, 0) is 14.3 Å². The molecule has 2 aromatic rings. The number of benzene rings is 1. The maximum absolute atomic E-state index is 14.1. The molecule has 11 nitrogen and oxygen atoms in total. The number of nitrogens with zero attached hydrogens (tertiary/aromatic N) is 2. The fourth-order valence-corrected chi connectivity index (χ4v) is 7.35. The minimum Gasteiger partial charge on any atom is -0.463 e. The molecule has 1 aromatic carbocycles. The van der Waals surface area contributed by atoms with E-state index in [1.165, 1.54) is 32.1 Å². The molecule has 2 heterocycles. The number of aliphatic imine (C=N–C) groups is 1. The Morgan fingerprint density at radius 2 is 1.90 bits per heavy atom. The molecule has 49 heavy (non-hydrogen) atoms. The standard InChI is InChI=1S/C38H52N6O5/c1-4-5-11-27(23-42-22-26-12-7-6-8-13-26)24-48-35(47)38-34(46)30-15-10-9-14-29(30)33(45)37(38,49-38)18-16-25(2)20-31(44-36(40)41-3)28-17-19-43-32(39)21-28/h9-10,14-17,19,21,26-27,31,42H,4-8,11-13,18,20,22-24H2,1-3H3,(H2,39,43)(H3,40,41,44)/b25-16+/t27-,31-,37+,38+/m1/s1. The molecule has 0 radical (unpaired) electrons. The molecule has 1 aromatic heterocycles. The number of fused-ring (bicyclic) bond motifs is 2. The van der Waals surface area contributed by atoms with Crippen molar-refractivity contribution in [1.29, 1.82) is 0 Å². The second kappa shape index (κ2) is 16.1. The highest BCUT2D eigenvalue weighted by Crippen LogP contribution is 2.58. The van der Waals surface area contributed by atoms with Gasteiger partial charge in [-0.1, -0.05) is 74.9 Å². The van der Waals surface area contributed by atoms with Crippen LogP contribution in [0.3, 0.4) is 0 Å². The van der Waals surface area contributed by atoms with Gasteiger partial charge in [-0.25, -0.2) is 9.78 Å². The molecular formula is C38H52N6O5. The van der Waals surface area contributed by atoms with Crippen LogP contribution in [0.5, 0.6) is 0 Å². The van der Waals surface area contributed by atoms with Crippen molar-refractivity contribution < 1.29 is 23.9 Å². The number of esters is 1. The Labute approximate surface area is 289 Å².